The molecule has 3 N–H and O–H groups in total. The molecule has 0 aromatic heterocycles. The van der Waals surface area contributed by atoms with Gasteiger partial charge >= 0.3 is 0 Å². The van der Waals surface area contributed by atoms with Crippen molar-refractivity contribution >= 4 is 28.9 Å². The lowest BCUT2D eigenvalue weighted by atomic mass is 10.1. The standard InChI is InChI=1S/C14H13ClN2O/c1-9-5-2-3-8-12(9)17-14(18)10-6-4-7-11(15)13(10)16/h2-8H,16H2,1H3,(H,17,18). The van der Waals surface area contributed by atoms with Gasteiger partial charge in [0.2, 0.25) is 0 Å². The fourth-order valence-electron chi connectivity index (χ4n) is 1.64. The predicted molar refractivity (Wildman–Crippen MR) is 75.0 cm³/mol. The van der Waals surface area contributed by atoms with Crippen LogP contribution in [-0.2, 0) is 0 Å². The summed E-state index contributed by atoms with van der Waals surface area (Å²) in [6.07, 6.45) is 0. The molecule has 18 heavy (non-hydrogen) atoms. The van der Waals surface area contributed by atoms with Gasteiger partial charge in [-0.3, -0.25) is 4.79 Å². The highest BCUT2D eigenvalue weighted by Crippen LogP contribution is 2.23. The topological polar surface area (TPSA) is 55.1 Å². The van der Waals surface area contributed by atoms with Crippen LogP contribution in [0.4, 0.5) is 11.4 Å². The number of halogens is 1. The maximum Gasteiger partial charge on any atom is 0.257 e. The molecule has 3 nitrogen and oxygen atoms in total. The van der Waals surface area contributed by atoms with Crippen molar-refractivity contribution in [3.63, 3.8) is 0 Å². The Hall–Kier alpha value is -2.00. The van der Waals surface area contributed by atoms with E-state index in [0.717, 1.165) is 11.3 Å². The van der Waals surface area contributed by atoms with Crippen LogP contribution in [0.1, 0.15) is 15.9 Å². The molecule has 0 saturated carbocycles. The van der Waals surface area contributed by atoms with Crippen molar-refractivity contribution < 1.29 is 4.79 Å². The van der Waals surface area contributed by atoms with Gasteiger partial charge in [0.1, 0.15) is 0 Å². The molecule has 2 aromatic carbocycles. The Bertz CT molecular complexity index is 596. The minimum absolute atomic E-state index is 0.260. The van der Waals surface area contributed by atoms with Crippen molar-refractivity contribution in [2.75, 3.05) is 11.1 Å². The van der Waals surface area contributed by atoms with Crippen molar-refractivity contribution in [1.82, 2.24) is 0 Å². The van der Waals surface area contributed by atoms with Gasteiger partial charge in [0.25, 0.3) is 5.91 Å². The van der Waals surface area contributed by atoms with Gasteiger partial charge in [-0.1, -0.05) is 35.9 Å². The molecule has 0 aliphatic carbocycles. The average molecular weight is 261 g/mol. The molecule has 0 unspecified atom stereocenters. The number of anilines is 2. The number of rotatable bonds is 2. The summed E-state index contributed by atoms with van der Waals surface area (Å²) in [5.41, 5.74) is 8.22. The number of para-hydroxylation sites is 2. The zero-order valence-corrected chi connectivity index (χ0v) is 10.7. The predicted octanol–water partition coefficient (Wildman–Crippen LogP) is 3.48. The summed E-state index contributed by atoms with van der Waals surface area (Å²) in [5.74, 6) is -0.260. The van der Waals surface area contributed by atoms with Gasteiger partial charge in [-0.15, -0.1) is 0 Å². The van der Waals surface area contributed by atoms with Gasteiger partial charge in [-0.25, -0.2) is 0 Å². The van der Waals surface area contributed by atoms with Crippen LogP contribution in [0.15, 0.2) is 42.5 Å². The van der Waals surface area contributed by atoms with Gasteiger partial charge in [0.05, 0.1) is 16.3 Å². The first-order chi connectivity index (χ1) is 8.59. The summed E-state index contributed by atoms with van der Waals surface area (Å²) < 4.78 is 0. The van der Waals surface area contributed by atoms with Crippen LogP contribution in [0.5, 0.6) is 0 Å². The van der Waals surface area contributed by atoms with Crippen LogP contribution in [-0.4, -0.2) is 5.91 Å². The Kier molecular flexibility index (Phi) is 3.53. The lowest BCUT2D eigenvalue weighted by Gasteiger charge is -2.10. The summed E-state index contributed by atoms with van der Waals surface area (Å²) in [6, 6.07) is 12.6. The lowest BCUT2D eigenvalue weighted by Crippen LogP contribution is -2.14. The van der Waals surface area contributed by atoms with E-state index in [1.807, 2.05) is 31.2 Å². The molecule has 0 aliphatic rings. The maximum absolute atomic E-state index is 12.1. The van der Waals surface area contributed by atoms with Crippen LogP contribution < -0.4 is 11.1 Å². The van der Waals surface area contributed by atoms with E-state index in [2.05, 4.69) is 5.32 Å². The number of nitrogens with two attached hydrogens (primary N) is 1. The molecule has 1 amide bonds. The first kappa shape index (κ1) is 12.5. The number of hydrogen-bond acceptors (Lipinski definition) is 2. The summed E-state index contributed by atoms with van der Waals surface area (Å²) in [6.45, 7) is 1.93. The largest absolute Gasteiger partial charge is 0.397 e. The second kappa shape index (κ2) is 5.10. The Balaban J connectivity index is 2.28. The van der Waals surface area contributed by atoms with E-state index in [1.165, 1.54) is 0 Å². The highest BCUT2D eigenvalue weighted by molar-refractivity contribution is 6.34. The molecule has 0 saturated heterocycles. The van der Waals surface area contributed by atoms with E-state index in [4.69, 9.17) is 17.3 Å². The van der Waals surface area contributed by atoms with Gasteiger partial charge in [-0.05, 0) is 30.7 Å². The number of amides is 1. The van der Waals surface area contributed by atoms with E-state index in [0.29, 0.717) is 16.3 Å². The number of aryl methyl sites for hydroxylation is 1. The molecule has 2 aromatic rings. The third kappa shape index (κ3) is 2.46. The Morgan fingerprint density at radius 1 is 1.17 bits per heavy atom. The fourth-order valence-corrected chi connectivity index (χ4v) is 1.81. The second-order valence-electron chi connectivity index (χ2n) is 3.97. The lowest BCUT2D eigenvalue weighted by molar-refractivity contribution is 0.102. The van der Waals surface area contributed by atoms with E-state index in [1.54, 1.807) is 18.2 Å². The second-order valence-corrected chi connectivity index (χ2v) is 4.38. The summed E-state index contributed by atoms with van der Waals surface area (Å²) in [5, 5.41) is 3.20. The monoisotopic (exact) mass is 260 g/mol. The Morgan fingerprint density at radius 2 is 1.89 bits per heavy atom. The van der Waals surface area contributed by atoms with Crippen molar-refractivity contribution in [3.05, 3.63) is 58.6 Å². The molecular formula is C14H13ClN2O. The molecule has 0 spiro atoms. The van der Waals surface area contributed by atoms with Crippen LogP contribution >= 0.6 is 11.6 Å². The molecule has 2 rings (SSSR count). The zero-order valence-electron chi connectivity index (χ0n) is 9.91. The number of hydrogen-bond donors (Lipinski definition) is 2. The van der Waals surface area contributed by atoms with E-state index in [9.17, 15) is 4.79 Å². The quantitative estimate of drug-likeness (QED) is 0.812. The van der Waals surface area contributed by atoms with Gasteiger partial charge in [-0.2, -0.15) is 0 Å². The van der Waals surface area contributed by atoms with Crippen LogP contribution in [0.25, 0.3) is 0 Å². The SMILES string of the molecule is Cc1ccccc1NC(=O)c1cccc(Cl)c1N. The van der Waals surface area contributed by atoms with Crippen LogP contribution in [0.3, 0.4) is 0 Å². The number of carbonyl (C=O) groups excluding carboxylic acids is 1. The maximum atomic E-state index is 12.1. The third-order valence-corrected chi connectivity index (χ3v) is 3.02. The average Bonchev–Trinajstić information content (AvgIpc) is 2.35. The van der Waals surface area contributed by atoms with Crippen molar-refractivity contribution in [1.29, 1.82) is 0 Å². The van der Waals surface area contributed by atoms with Gasteiger partial charge in [0, 0.05) is 5.69 Å². The molecule has 0 aliphatic heterocycles. The Morgan fingerprint density at radius 3 is 2.61 bits per heavy atom. The van der Waals surface area contributed by atoms with Crippen molar-refractivity contribution in [2.24, 2.45) is 0 Å². The van der Waals surface area contributed by atoms with Crippen LogP contribution in [0.2, 0.25) is 5.02 Å². The Labute approximate surface area is 111 Å². The smallest absolute Gasteiger partial charge is 0.257 e. The molecule has 0 heterocycles. The molecular weight excluding hydrogens is 248 g/mol. The molecule has 4 heteroatoms. The van der Waals surface area contributed by atoms with Crippen LogP contribution in [0, 0.1) is 6.92 Å². The molecule has 0 atom stereocenters. The highest BCUT2D eigenvalue weighted by atomic mass is 35.5. The van der Waals surface area contributed by atoms with Crippen molar-refractivity contribution in [2.45, 2.75) is 6.92 Å². The molecule has 92 valence electrons. The van der Waals surface area contributed by atoms with Gasteiger partial charge < -0.3 is 11.1 Å². The summed E-state index contributed by atoms with van der Waals surface area (Å²) >= 11 is 5.89. The third-order valence-electron chi connectivity index (χ3n) is 2.69. The number of benzene rings is 2. The molecule has 0 fully saturated rings. The molecule has 0 radical (unpaired) electrons. The first-order valence-electron chi connectivity index (χ1n) is 5.50. The molecule has 0 bridgehead atoms. The first-order valence-corrected chi connectivity index (χ1v) is 5.88. The van der Waals surface area contributed by atoms with Crippen molar-refractivity contribution in [3.8, 4) is 0 Å². The number of nitrogens with one attached hydrogen (secondary N) is 1. The minimum atomic E-state index is -0.260. The van der Waals surface area contributed by atoms with E-state index < -0.39 is 0 Å². The summed E-state index contributed by atoms with van der Waals surface area (Å²) in [4.78, 5) is 12.1. The highest BCUT2D eigenvalue weighted by Gasteiger charge is 2.12. The number of nitrogen functional groups attached to an aromatic ring is 1. The van der Waals surface area contributed by atoms with E-state index >= 15 is 0 Å². The zero-order chi connectivity index (χ0) is 13.1. The van der Waals surface area contributed by atoms with Gasteiger partial charge in [0.15, 0.2) is 0 Å². The fraction of sp³-hybridized carbons (Fsp3) is 0.0714. The number of carbonyl (C=O) groups is 1. The normalized spacial score (nSPS) is 10.1. The summed E-state index contributed by atoms with van der Waals surface area (Å²) in [7, 11) is 0. The van der Waals surface area contributed by atoms with E-state index in [-0.39, 0.29) is 5.91 Å². The minimum Gasteiger partial charge on any atom is -0.397 e.